The lowest BCUT2D eigenvalue weighted by Crippen LogP contribution is -2.32. The summed E-state index contributed by atoms with van der Waals surface area (Å²) in [6.45, 7) is 8.09. The lowest BCUT2D eigenvalue weighted by Gasteiger charge is -2.32. The summed E-state index contributed by atoms with van der Waals surface area (Å²) >= 11 is 0. The maximum atomic E-state index is 5.79. The summed E-state index contributed by atoms with van der Waals surface area (Å²) in [5.41, 5.74) is 9.54. The summed E-state index contributed by atoms with van der Waals surface area (Å²) in [4.78, 5) is 2.53. The van der Waals surface area contributed by atoms with Crippen molar-refractivity contribution in [3.8, 4) is 0 Å². The summed E-state index contributed by atoms with van der Waals surface area (Å²) in [7, 11) is 0. The predicted molar refractivity (Wildman–Crippen MR) is 69.7 cm³/mol. The van der Waals surface area contributed by atoms with Crippen molar-refractivity contribution in [3.63, 3.8) is 0 Å². The van der Waals surface area contributed by atoms with E-state index < -0.39 is 0 Å². The first kappa shape index (κ1) is 11.5. The van der Waals surface area contributed by atoms with Crippen LogP contribution in [-0.4, -0.2) is 24.5 Å². The second-order valence-electron chi connectivity index (χ2n) is 4.82. The molecule has 88 valence electrons. The van der Waals surface area contributed by atoms with Crippen LogP contribution in [0.1, 0.15) is 36.8 Å². The molecule has 0 spiro atoms. The van der Waals surface area contributed by atoms with Gasteiger partial charge in [0.2, 0.25) is 0 Å². The molecule has 1 aliphatic rings. The van der Waals surface area contributed by atoms with E-state index in [-0.39, 0.29) is 0 Å². The Labute approximate surface area is 98.4 Å². The third kappa shape index (κ3) is 2.38. The second-order valence-corrected chi connectivity index (χ2v) is 4.82. The molecule has 0 saturated carbocycles. The number of piperidine rings is 1. The van der Waals surface area contributed by atoms with Gasteiger partial charge in [-0.2, -0.15) is 0 Å². The zero-order valence-corrected chi connectivity index (χ0v) is 10.4. The van der Waals surface area contributed by atoms with Gasteiger partial charge in [0.15, 0.2) is 0 Å². The molecule has 16 heavy (non-hydrogen) atoms. The number of nitrogens with two attached hydrogens (primary N) is 1. The van der Waals surface area contributed by atoms with Gasteiger partial charge in [0.25, 0.3) is 0 Å². The van der Waals surface area contributed by atoms with Crippen molar-refractivity contribution in [3.05, 3.63) is 29.3 Å². The van der Waals surface area contributed by atoms with E-state index >= 15 is 0 Å². The average Bonchev–Trinajstić information content (AvgIpc) is 2.29. The Balaban J connectivity index is 2.08. The SMILES string of the molecule is CCN1CCC(c2ccc(N)cc2C)CC1. The zero-order chi connectivity index (χ0) is 11.5. The van der Waals surface area contributed by atoms with Gasteiger partial charge in [0, 0.05) is 5.69 Å². The molecule has 2 N–H and O–H groups in total. The minimum Gasteiger partial charge on any atom is -0.399 e. The van der Waals surface area contributed by atoms with E-state index in [0.29, 0.717) is 0 Å². The zero-order valence-electron chi connectivity index (χ0n) is 10.4. The Hall–Kier alpha value is -1.02. The van der Waals surface area contributed by atoms with Crippen LogP contribution >= 0.6 is 0 Å². The molecule has 0 unspecified atom stereocenters. The van der Waals surface area contributed by atoms with Crippen LogP contribution in [0.5, 0.6) is 0 Å². The summed E-state index contributed by atoms with van der Waals surface area (Å²) in [6.07, 6.45) is 2.58. The van der Waals surface area contributed by atoms with Crippen LogP contribution in [-0.2, 0) is 0 Å². The number of likely N-dealkylation sites (tertiary alicyclic amines) is 1. The number of hydrogen-bond acceptors (Lipinski definition) is 2. The highest BCUT2D eigenvalue weighted by atomic mass is 15.1. The lowest BCUT2D eigenvalue weighted by molar-refractivity contribution is 0.222. The van der Waals surface area contributed by atoms with Crippen LogP contribution in [0.3, 0.4) is 0 Å². The van der Waals surface area contributed by atoms with Crippen LogP contribution in [0.25, 0.3) is 0 Å². The highest BCUT2D eigenvalue weighted by Gasteiger charge is 2.20. The third-order valence-electron chi connectivity index (χ3n) is 3.77. The monoisotopic (exact) mass is 218 g/mol. The van der Waals surface area contributed by atoms with Crippen molar-refractivity contribution in [2.24, 2.45) is 0 Å². The molecule has 1 saturated heterocycles. The second kappa shape index (κ2) is 4.88. The molecule has 2 nitrogen and oxygen atoms in total. The van der Waals surface area contributed by atoms with E-state index in [1.54, 1.807) is 0 Å². The molecule has 1 aromatic rings. The number of hydrogen-bond donors (Lipinski definition) is 1. The fourth-order valence-corrected chi connectivity index (χ4v) is 2.72. The molecule has 1 fully saturated rings. The fraction of sp³-hybridized carbons (Fsp3) is 0.571. The molecular formula is C14H22N2. The lowest BCUT2D eigenvalue weighted by atomic mass is 9.87. The molecular weight excluding hydrogens is 196 g/mol. The molecule has 1 aliphatic heterocycles. The molecule has 2 rings (SSSR count). The van der Waals surface area contributed by atoms with Crippen LogP contribution in [0.4, 0.5) is 5.69 Å². The minimum atomic E-state index is 0.739. The molecule has 1 heterocycles. The number of aryl methyl sites for hydroxylation is 1. The molecule has 0 aromatic heterocycles. The summed E-state index contributed by atoms with van der Waals surface area (Å²) < 4.78 is 0. The van der Waals surface area contributed by atoms with Crippen molar-refractivity contribution in [2.75, 3.05) is 25.4 Å². The Morgan fingerprint density at radius 2 is 2.00 bits per heavy atom. The van der Waals surface area contributed by atoms with Crippen molar-refractivity contribution >= 4 is 5.69 Å². The van der Waals surface area contributed by atoms with Gasteiger partial charge >= 0.3 is 0 Å². The van der Waals surface area contributed by atoms with E-state index in [4.69, 9.17) is 5.73 Å². The van der Waals surface area contributed by atoms with Crippen molar-refractivity contribution in [1.82, 2.24) is 4.90 Å². The molecule has 0 atom stereocenters. The van der Waals surface area contributed by atoms with Gasteiger partial charge in [0.1, 0.15) is 0 Å². The van der Waals surface area contributed by atoms with E-state index in [1.807, 2.05) is 6.07 Å². The maximum absolute atomic E-state index is 5.79. The minimum absolute atomic E-state index is 0.739. The number of benzene rings is 1. The first-order chi connectivity index (χ1) is 7.70. The maximum Gasteiger partial charge on any atom is 0.0316 e. The van der Waals surface area contributed by atoms with Crippen LogP contribution in [0, 0.1) is 6.92 Å². The van der Waals surface area contributed by atoms with Gasteiger partial charge in [-0.3, -0.25) is 0 Å². The standard InChI is InChI=1S/C14H22N2/c1-3-16-8-6-12(7-9-16)14-5-4-13(15)10-11(14)2/h4-5,10,12H,3,6-9,15H2,1-2H3. The smallest absolute Gasteiger partial charge is 0.0316 e. The van der Waals surface area contributed by atoms with Gasteiger partial charge in [-0.1, -0.05) is 13.0 Å². The highest BCUT2D eigenvalue weighted by molar-refractivity contribution is 5.45. The van der Waals surface area contributed by atoms with Crippen molar-refractivity contribution in [2.45, 2.75) is 32.6 Å². The third-order valence-corrected chi connectivity index (χ3v) is 3.77. The van der Waals surface area contributed by atoms with E-state index in [1.165, 1.54) is 43.6 Å². The molecule has 0 aliphatic carbocycles. The number of anilines is 1. The van der Waals surface area contributed by atoms with Crippen molar-refractivity contribution < 1.29 is 0 Å². The predicted octanol–water partition coefficient (Wildman–Crippen LogP) is 2.78. The summed E-state index contributed by atoms with van der Waals surface area (Å²) in [6, 6.07) is 6.35. The van der Waals surface area contributed by atoms with E-state index in [2.05, 4.69) is 30.9 Å². The van der Waals surface area contributed by atoms with Gasteiger partial charge < -0.3 is 10.6 Å². The number of rotatable bonds is 2. The average molecular weight is 218 g/mol. The van der Waals surface area contributed by atoms with E-state index in [9.17, 15) is 0 Å². The Kier molecular flexibility index (Phi) is 3.49. The fourth-order valence-electron chi connectivity index (χ4n) is 2.72. The van der Waals surface area contributed by atoms with Crippen molar-refractivity contribution in [1.29, 1.82) is 0 Å². The quantitative estimate of drug-likeness (QED) is 0.773. The normalized spacial score (nSPS) is 18.9. The first-order valence-electron chi connectivity index (χ1n) is 6.29. The Bertz CT molecular complexity index is 352. The van der Waals surface area contributed by atoms with Crippen LogP contribution < -0.4 is 5.73 Å². The Morgan fingerprint density at radius 1 is 1.31 bits per heavy atom. The Morgan fingerprint density at radius 3 is 2.56 bits per heavy atom. The summed E-state index contributed by atoms with van der Waals surface area (Å²) in [5, 5.41) is 0. The van der Waals surface area contributed by atoms with Crippen LogP contribution in [0.2, 0.25) is 0 Å². The largest absolute Gasteiger partial charge is 0.399 e. The highest BCUT2D eigenvalue weighted by Crippen LogP contribution is 2.30. The topological polar surface area (TPSA) is 29.3 Å². The molecule has 0 bridgehead atoms. The molecule has 0 radical (unpaired) electrons. The first-order valence-corrected chi connectivity index (χ1v) is 6.29. The van der Waals surface area contributed by atoms with Gasteiger partial charge in [-0.25, -0.2) is 0 Å². The van der Waals surface area contributed by atoms with Crippen LogP contribution in [0.15, 0.2) is 18.2 Å². The number of nitrogens with zero attached hydrogens (tertiary/aromatic N) is 1. The molecule has 1 aromatic carbocycles. The van der Waals surface area contributed by atoms with E-state index in [0.717, 1.165) is 11.6 Å². The summed E-state index contributed by atoms with van der Waals surface area (Å²) in [5.74, 6) is 0.739. The molecule has 2 heteroatoms. The van der Waals surface area contributed by atoms with Gasteiger partial charge in [-0.15, -0.1) is 0 Å². The van der Waals surface area contributed by atoms with Gasteiger partial charge in [-0.05, 0) is 68.6 Å². The number of nitrogen functional groups attached to an aromatic ring is 1. The molecule has 0 amide bonds. The van der Waals surface area contributed by atoms with Gasteiger partial charge in [0.05, 0.1) is 0 Å².